The Hall–Kier alpha value is -2.95. The predicted octanol–water partition coefficient (Wildman–Crippen LogP) is 3.12. The molecule has 4 N–H and O–H groups in total. The van der Waals surface area contributed by atoms with Crippen molar-refractivity contribution in [3.05, 3.63) is 42.9 Å². The van der Waals surface area contributed by atoms with Crippen molar-refractivity contribution in [2.75, 3.05) is 0 Å². The molecule has 0 spiro atoms. The molecule has 0 saturated heterocycles. The standard InChI is InChI=1S/C15H11N3O2/c19-8-1-2-13-9(5-8)14(15(20)18-13)11-7-17-12-3-4-16-6-10(11)12/h1-7,17-20H. The molecular formula is C15H11N3O2. The zero-order valence-electron chi connectivity index (χ0n) is 10.4. The van der Waals surface area contributed by atoms with Crippen LogP contribution in [0.4, 0.5) is 0 Å². The Bertz CT molecular complexity index is 937. The number of H-pyrrole nitrogens is 2. The lowest BCUT2D eigenvalue weighted by molar-refractivity contribution is 0.460. The van der Waals surface area contributed by atoms with Crippen LogP contribution in [-0.4, -0.2) is 25.2 Å². The van der Waals surface area contributed by atoms with Gasteiger partial charge in [-0.3, -0.25) is 4.98 Å². The monoisotopic (exact) mass is 265 g/mol. The lowest BCUT2D eigenvalue weighted by Crippen LogP contribution is -1.76. The van der Waals surface area contributed by atoms with E-state index in [1.165, 1.54) is 0 Å². The van der Waals surface area contributed by atoms with E-state index in [1.54, 1.807) is 30.6 Å². The first kappa shape index (κ1) is 10.9. The van der Waals surface area contributed by atoms with Gasteiger partial charge in [-0.2, -0.15) is 0 Å². The molecular weight excluding hydrogens is 254 g/mol. The van der Waals surface area contributed by atoms with E-state index in [0.29, 0.717) is 5.56 Å². The van der Waals surface area contributed by atoms with Crippen LogP contribution in [0.15, 0.2) is 42.9 Å². The molecule has 4 rings (SSSR count). The summed E-state index contributed by atoms with van der Waals surface area (Å²) in [5, 5.41) is 21.5. The van der Waals surface area contributed by atoms with E-state index in [1.807, 2.05) is 12.3 Å². The van der Waals surface area contributed by atoms with E-state index >= 15 is 0 Å². The number of hydrogen-bond donors (Lipinski definition) is 4. The van der Waals surface area contributed by atoms with Gasteiger partial charge in [0.15, 0.2) is 5.88 Å². The highest BCUT2D eigenvalue weighted by Gasteiger charge is 2.16. The van der Waals surface area contributed by atoms with Gasteiger partial charge in [0.1, 0.15) is 5.75 Å². The van der Waals surface area contributed by atoms with Gasteiger partial charge in [0, 0.05) is 46.0 Å². The van der Waals surface area contributed by atoms with Crippen LogP contribution in [0, 0.1) is 0 Å². The molecule has 0 radical (unpaired) electrons. The minimum atomic E-state index is 0.0790. The molecule has 1 aromatic carbocycles. The van der Waals surface area contributed by atoms with Gasteiger partial charge in [-0.25, -0.2) is 0 Å². The number of nitrogens with zero attached hydrogens (tertiary/aromatic N) is 1. The summed E-state index contributed by atoms with van der Waals surface area (Å²) in [7, 11) is 0. The first-order valence-electron chi connectivity index (χ1n) is 6.19. The summed E-state index contributed by atoms with van der Waals surface area (Å²) >= 11 is 0. The minimum Gasteiger partial charge on any atom is -0.508 e. The lowest BCUT2D eigenvalue weighted by atomic mass is 10.0. The molecule has 0 saturated carbocycles. The van der Waals surface area contributed by atoms with Gasteiger partial charge in [0.25, 0.3) is 0 Å². The molecule has 3 heterocycles. The molecule has 0 aliphatic heterocycles. The number of nitrogens with one attached hydrogen (secondary N) is 2. The molecule has 0 unspecified atom stereocenters. The molecule has 4 aromatic rings. The zero-order chi connectivity index (χ0) is 13.7. The summed E-state index contributed by atoms with van der Waals surface area (Å²) < 4.78 is 0. The first-order chi connectivity index (χ1) is 9.74. The van der Waals surface area contributed by atoms with E-state index in [0.717, 1.165) is 27.4 Å². The van der Waals surface area contributed by atoms with Crippen LogP contribution in [-0.2, 0) is 0 Å². The lowest BCUT2D eigenvalue weighted by Gasteiger charge is -1.99. The Kier molecular flexibility index (Phi) is 2.06. The third-order valence-corrected chi connectivity index (χ3v) is 3.51. The summed E-state index contributed by atoms with van der Waals surface area (Å²) in [6, 6.07) is 6.83. The average Bonchev–Trinajstić information content (AvgIpc) is 2.99. The van der Waals surface area contributed by atoms with Gasteiger partial charge in [-0.1, -0.05) is 0 Å². The van der Waals surface area contributed by atoms with Gasteiger partial charge in [-0.15, -0.1) is 0 Å². The molecule has 0 aliphatic carbocycles. The van der Waals surface area contributed by atoms with E-state index in [2.05, 4.69) is 15.0 Å². The maximum absolute atomic E-state index is 10.2. The number of phenolic OH excluding ortho intramolecular Hbond substituents is 1. The second-order valence-electron chi connectivity index (χ2n) is 4.70. The molecule has 0 aliphatic rings. The van der Waals surface area contributed by atoms with Crippen LogP contribution < -0.4 is 0 Å². The molecule has 0 fully saturated rings. The van der Waals surface area contributed by atoms with Crippen molar-refractivity contribution in [1.82, 2.24) is 15.0 Å². The van der Waals surface area contributed by atoms with Gasteiger partial charge < -0.3 is 20.2 Å². The molecule has 5 heteroatoms. The van der Waals surface area contributed by atoms with Crippen molar-refractivity contribution in [2.24, 2.45) is 0 Å². The Morgan fingerprint density at radius 2 is 1.90 bits per heavy atom. The predicted molar refractivity (Wildman–Crippen MR) is 76.7 cm³/mol. The molecule has 5 nitrogen and oxygen atoms in total. The van der Waals surface area contributed by atoms with Crippen LogP contribution >= 0.6 is 0 Å². The van der Waals surface area contributed by atoms with Crippen molar-refractivity contribution >= 4 is 21.8 Å². The van der Waals surface area contributed by atoms with Crippen molar-refractivity contribution in [3.63, 3.8) is 0 Å². The molecule has 0 bridgehead atoms. The first-order valence-corrected chi connectivity index (χ1v) is 6.19. The maximum atomic E-state index is 10.2. The fraction of sp³-hybridized carbons (Fsp3) is 0. The number of rotatable bonds is 1. The summed E-state index contributed by atoms with van der Waals surface area (Å²) in [5.41, 5.74) is 3.23. The summed E-state index contributed by atoms with van der Waals surface area (Å²) in [6.07, 6.45) is 5.30. The number of phenols is 1. The van der Waals surface area contributed by atoms with E-state index in [9.17, 15) is 10.2 Å². The van der Waals surface area contributed by atoms with E-state index in [4.69, 9.17) is 0 Å². The van der Waals surface area contributed by atoms with Gasteiger partial charge >= 0.3 is 0 Å². The van der Waals surface area contributed by atoms with Crippen molar-refractivity contribution in [3.8, 4) is 22.8 Å². The Morgan fingerprint density at radius 1 is 1.00 bits per heavy atom. The number of aromatic nitrogens is 3. The SMILES string of the molecule is Oc1ccc2[nH]c(O)c(-c3c[nH]c4ccncc34)c2c1. The smallest absolute Gasteiger partial charge is 0.197 e. The van der Waals surface area contributed by atoms with Gasteiger partial charge in [0.05, 0.1) is 5.56 Å². The number of aromatic amines is 2. The average molecular weight is 265 g/mol. The molecule has 0 atom stereocenters. The highest BCUT2D eigenvalue weighted by atomic mass is 16.3. The fourth-order valence-corrected chi connectivity index (χ4v) is 2.61. The highest BCUT2D eigenvalue weighted by molar-refractivity contribution is 6.07. The zero-order valence-corrected chi connectivity index (χ0v) is 10.4. The van der Waals surface area contributed by atoms with Crippen LogP contribution in [0.1, 0.15) is 0 Å². The van der Waals surface area contributed by atoms with Gasteiger partial charge in [0.2, 0.25) is 0 Å². The molecule has 98 valence electrons. The number of fused-ring (bicyclic) bond motifs is 2. The second kappa shape index (κ2) is 3.77. The normalized spacial score (nSPS) is 11.4. The molecule has 20 heavy (non-hydrogen) atoms. The Balaban J connectivity index is 2.11. The van der Waals surface area contributed by atoms with E-state index < -0.39 is 0 Å². The largest absolute Gasteiger partial charge is 0.508 e. The maximum Gasteiger partial charge on any atom is 0.197 e. The quantitative estimate of drug-likeness (QED) is 0.426. The Labute approximate surface area is 113 Å². The van der Waals surface area contributed by atoms with Crippen molar-refractivity contribution in [1.29, 1.82) is 0 Å². The van der Waals surface area contributed by atoms with Gasteiger partial charge in [-0.05, 0) is 24.3 Å². The Morgan fingerprint density at radius 3 is 2.80 bits per heavy atom. The minimum absolute atomic E-state index is 0.0790. The molecule has 0 amide bonds. The summed E-state index contributed by atoms with van der Waals surface area (Å²) in [5.74, 6) is 0.242. The van der Waals surface area contributed by atoms with Crippen molar-refractivity contribution in [2.45, 2.75) is 0 Å². The summed E-state index contributed by atoms with van der Waals surface area (Å²) in [6.45, 7) is 0. The van der Waals surface area contributed by atoms with Crippen LogP contribution in [0.2, 0.25) is 0 Å². The number of pyridine rings is 1. The number of hydrogen-bond acceptors (Lipinski definition) is 3. The molecule has 3 aromatic heterocycles. The third-order valence-electron chi connectivity index (χ3n) is 3.51. The second-order valence-corrected chi connectivity index (χ2v) is 4.70. The number of aromatic hydroxyl groups is 2. The highest BCUT2D eigenvalue weighted by Crippen LogP contribution is 2.40. The fourth-order valence-electron chi connectivity index (χ4n) is 2.61. The number of benzene rings is 1. The van der Waals surface area contributed by atoms with Crippen molar-refractivity contribution < 1.29 is 10.2 Å². The van der Waals surface area contributed by atoms with E-state index in [-0.39, 0.29) is 11.6 Å². The topological polar surface area (TPSA) is 84.9 Å². The van der Waals surface area contributed by atoms with Crippen LogP contribution in [0.3, 0.4) is 0 Å². The van der Waals surface area contributed by atoms with Crippen LogP contribution in [0.5, 0.6) is 11.6 Å². The van der Waals surface area contributed by atoms with Crippen LogP contribution in [0.25, 0.3) is 32.9 Å². The summed E-state index contributed by atoms with van der Waals surface area (Å²) in [4.78, 5) is 10.2. The third kappa shape index (κ3) is 1.40.